The Bertz CT molecular complexity index is 1690. The number of para-hydroxylation sites is 1. The van der Waals surface area contributed by atoms with Gasteiger partial charge in [-0.25, -0.2) is 4.98 Å². The Morgan fingerprint density at radius 1 is 1.09 bits per heavy atom. The van der Waals surface area contributed by atoms with Crippen LogP contribution in [0.4, 0.5) is 5.69 Å². The Balaban J connectivity index is 1.70. The third-order valence-electron chi connectivity index (χ3n) is 5.34. The Morgan fingerprint density at radius 3 is 2.62 bits per heavy atom. The van der Waals surface area contributed by atoms with Crippen LogP contribution in [-0.4, -0.2) is 20.4 Å². The van der Waals surface area contributed by atoms with Gasteiger partial charge in [-0.1, -0.05) is 65.8 Å². The van der Waals surface area contributed by atoms with Crippen LogP contribution in [0.2, 0.25) is 0 Å². The van der Waals surface area contributed by atoms with Gasteiger partial charge in [0.05, 0.1) is 38.5 Å². The van der Waals surface area contributed by atoms with E-state index in [0.717, 1.165) is 5.56 Å². The summed E-state index contributed by atoms with van der Waals surface area (Å²) in [4.78, 5) is 33.7. The van der Waals surface area contributed by atoms with Gasteiger partial charge in [0, 0.05) is 23.1 Å². The lowest BCUT2D eigenvalue weighted by Gasteiger charge is -2.07. The zero-order chi connectivity index (χ0) is 23.7. The van der Waals surface area contributed by atoms with Crippen molar-refractivity contribution in [2.24, 2.45) is 4.99 Å². The normalized spacial score (nSPS) is 11.6. The van der Waals surface area contributed by atoms with E-state index in [1.165, 1.54) is 23.5 Å². The van der Waals surface area contributed by atoms with Crippen molar-refractivity contribution in [1.29, 1.82) is 0 Å². The highest BCUT2D eigenvalue weighted by molar-refractivity contribution is 7.16. The molecule has 5 aromatic rings. The first-order valence-electron chi connectivity index (χ1n) is 10.3. The van der Waals surface area contributed by atoms with E-state index in [9.17, 15) is 14.9 Å². The molecule has 0 saturated heterocycles. The second-order valence-corrected chi connectivity index (χ2v) is 8.45. The first-order valence-corrected chi connectivity index (χ1v) is 11.1. The molecule has 0 aliphatic heterocycles. The summed E-state index contributed by atoms with van der Waals surface area (Å²) in [5, 5.41) is 11.9. The van der Waals surface area contributed by atoms with Crippen molar-refractivity contribution in [2.45, 2.75) is 6.54 Å². The Kier molecular flexibility index (Phi) is 5.46. The fourth-order valence-corrected chi connectivity index (χ4v) is 4.82. The quantitative estimate of drug-likeness (QED) is 0.208. The molecule has 0 fully saturated rings. The topological polar surface area (TPSA) is 90.4 Å². The second kappa shape index (κ2) is 8.73. The summed E-state index contributed by atoms with van der Waals surface area (Å²) in [5.41, 5.74) is 3.31. The van der Waals surface area contributed by atoms with Crippen LogP contribution >= 0.6 is 11.3 Å². The van der Waals surface area contributed by atoms with E-state index in [1.54, 1.807) is 16.7 Å². The van der Waals surface area contributed by atoms with E-state index in [-0.39, 0.29) is 12.2 Å². The summed E-state index contributed by atoms with van der Waals surface area (Å²) >= 11 is 1.18. The molecule has 7 nitrogen and oxygen atoms in total. The highest BCUT2D eigenvalue weighted by Gasteiger charge is 2.16. The molecule has 8 heteroatoms. The molecular formula is C26H16N4O3S. The fraction of sp³-hybridized carbons (Fsp3) is 0.0385. The van der Waals surface area contributed by atoms with Gasteiger partial charge in [-0.15, -0.1) is 6.42 Å². The molecule has 0 aliphatic rings. The van der Waals surface area contributed by atoms with Crippen LogP contribution < -0.4 is 4.80 Å². The molecule has 34 heavy (non-hydrogen) atoms. The monoisotopic (exact) mass is 464 g/mol. The van der Waals surface area contributed by atoms with Crippen molar-refractivity contribution in [2.75, 3.05) is 0 Å². The predicted octanol–water partition coefficient (Wildman–Crippen LogP) is 5.20. The maximum absolute atomic E-state index is 13.5. The van der Waals surface area contributed by atoms with Crippen molar-refractivity contribution < 1.29 is 9.72 Å². The van der Waals surface area contributed by atoms with Crippen LogP contribution in [0.5, 0.6) is 0 Å². The van der Waals surface area contributed by atoms with E-state index in [4.69, 9.17) is 11.4 Å². The number of fused-ring (bicyclic) bond motifs is 2. The number of thiazole rings is 1. The highest BCUT2D eigenvalue weighted by atomic mass is 32.1. The number of rotatable bonds is 4. The number of non-ortho nitro benzene ring substituents is 1. The van der Waals surface area contributed by atoms with Crippen LogP contribution in [0.25, 0.3) is 32.4 Å². The van der Waals surface area contributed by atoms with Crippen LogP contribution in [0.1, 0.15) is 10.4 Å². The van der Waals surface area contributed by atoms with Crippen LogP contribution in [0, 0.1) is 22.5 Å². The highest BCUT2D eigenvalue weighted by Crippen LogP contribution is 2.26. The molecule has 3 aromatic carbocycles. The van der Waals surface area contributed by atoms with Gasteiger partial charge in [-0.2, -0.15) is 4.99 Å². The third-order valence-corrected chi connectivity index (χ3v) is 6.38. The van der Waals surface area contributed by atoms with Crippen LogP contribution in [0.3, 0.4) is 0 Å². The Labute approximate surface area is 197 Å². The number of hydrogen-bond donors (Lipinski definition) is 0. The summed E-state index contributed by atoms with van der Waals surface area (Å²) < 4.78 is 2.34. The number of benzene rings is 3. The molecule has 164 valence electrons. The van der Waals surface area contributed by atoms with Crippen LogP contribution in [-0.2, 0) is 6.54 Å². The summed E-state index contributed by atoms with van der Waals surface area (Å²) in [6.45, 7) is 0.177. The number of pyridine rings is 1. The molecule has 0 atom stereocenters. The molecule has 2 aromatic heterocycles. The molecule has 0 unspecified atom stereocenters. The van der Waals surface area contributed by atoms with Crippen molar-refractivity contribution >= 4 is 44.1 Å². The molecule has 0 saturated carbocycles. The van der Waals surface area contributed by atoms with Crippen molar-refractivity contribution in [3.8, 4) is 23.6 Å². The van der Waals surface area contributed by atoms with Crippen LogP contribution in [0.15, 0.2) is 83.9 Å². The van der Waals surface area contributed by atoms with Gasteiger partial charge in [0.15, 0.2) is 4.80 Å². The lowest BCUT2D eigenvalue weighted by Crippen LogP contribution is -2.16. The number of nitro groups is 1. The first-order chi connectivity index (χ1) is 16.5. The van der Waals surface area contributed by atoms with E-state index in [0.29, 0.717) is 37.2 Å². The van der Waals surface area contributed by atoms with Gasteiger partial charge < -0.3 is 4.57 Å². The summed E-state index contributed by atoms with van der Waals surface area (Å²) in [5.74, 6) is 2.13. The molecule has 2 heterocycles. The number of aromatic nitrogens is 2. The number of amides is 1. The largest absolute Gasteiger partial charge is 0.305 e. The minimum Gasteiger partial charge on any atom is -0.305 e. The second-order valence-electron chi connectivity index (χ2n) is 7.44. The zero-order valence-corrected chi connectivity index (χ0v) is 18.5. The minimum atomic E-state index is -0.457. The number of nitrogens with zero attached hydrogens (tertiary/aromatic N) is 4. The van der Waals surface area contributed by atoms with Gasteiger partial charge in [-0.05, 0) is 18.2 Å². The van der Waals surface area contributed by atoms with E-state index in [2.05, 4.69) is 10.9 Å². The number of hydrogen-bond acceptors (Lipinski definition) is 5. The first kappa shape index (κ1) is 21.2. The zero-order valence-electron chi connectivity index (χ0n) is 17.7. The Hall–Kier alpha value is -4.61. The fourth-order valence-electron chi connectivity index (χ4n) is 3.76. The molecule has 0 bridgehead atoms. The standard InChI is InChI=1S/C26H16N4O3S/c1-2-14-29-23-13-12-18(30(32)33)15-24(23)34-26(29)28-25(31)20-16-22(17-8-4-3-5-9-17)27-21-11-7-6-10-19(20)21/h1,3-13,15-16H,14H2. The van der Waals surface area contributed by atoms with Gasteiger partial charge in [0.1, 0.15) is 0 Å². The average molecular weight is 465 g/mol. The van der Waals surface area contributed by atoms with E-state index in [1.807, 2.05) is 54.6 Å². The molecule has 0 spiro atoms. The van der Waals surface area contributed by atoms with E-state index >= 15 is 0 Å². The maximum atomic E-state index is 13.5. The average Bonchev–Trinajstić information content (AvgIpc) is 3.20. The summed E-state index contributed by atoms with van der Waals surface area (Å²) in [6, 6.07) is 23.3. The number of nitro benzene ring substituents is 1. The van der Waals surface area contributed by atoms with Crippen molar-refractivity contribution in [1.82, 2.24) is 9.55 Å². The van der Waals surface area contributed by atoms with Crippen molar-refractivity contribution in [3.63, 3.8) is 0 Å². The summed E-state index contributed by atoms with van der Waals surface area (Å²) in [7, 11) is 0. The van der Waals surface area contributed by atoms with Gasteiger partial charge in [0.25, 0.3) is 11.6 Å². The number of carbonyl (C=O) groups is 1. The van der Waals surface area contributed by atoms with Gasteiger partial charge >= 0.3 is 0 Å². The number of carbonyl (C=O) groups excluding carboxylic acids is 1. The van der Waals surface area contributed by atoms with E-state index < -0.39 is 10.8 Å². The lowest BCUT2D eigenvalue weighted by molar-refractivity contribution is -0.384. The predicted molar refractivity (Wildman–Crippen MR) is 132 cm³/mol. The number of terminal acetylenes is 1. The van der Waals surface area contributed by atoms with Crippen molar-refractivity contribution in [3.05, 3.63) is 99.3 Å². The molecule has 0 radical (unpaired) electrons. The third kappa shape index (κ3) is 3.85. The molecule has 5 rings (SSSR count). The molecule has 1 amide bonds. The van der Waals surface area contributed by atoms with Gasteiger partial charge in [-0.3, -0.25) is 14.9 Å². The molecule has 0 N–H and O–H groups in total. The Morgan fingerprint density at radius 2 is 1.85 bits per heavy atom. The molecule has 0 aliphatic carbocycles. The maximum Gasteiger partial charge on any atom is 0.280 e. The van der Waals surface area contributed by atoms with Gasteiger partial charge in [0.2, 0.25) is 0 Å². The summed E-state index contributed by atoms with van der Waals surface area (Å²) in [6.07, 6.45) is 5.55. The SMILES string of the molecule is C#CCn1c(=NC(=O)c2cc(-c3ccccc3)nc3ccccc23)sc2cc([N+](=O)[O-])ccc21. The minimum absolute atomic E-state index is 0.0351. The smallest absolute Gasteiger partial charge is 0.280 e. The lowest BCUT2D eigenvalue weighted by atomic mass is 10.0. The molecular weight excluding hydrogens is 448 g/mol.